The van der Waals surface area contributed by atoms with Crippen molar-refractivity contribution in [1.82, 2.24) is 9.88 Å². The fourth-order valence-electron chi connectivity index (χ4n) is 1.77. The maximum absolute atomic E-state index is 11.8. The minimum atomic E-state index is -0.164. The van der Waals surface area contributed by atoms with Crippen LogP contribution < -0.4 is 0 Å². The van der Waals surface area contributed by atoms with E-state index < -0.39 is 0 Å². The van der Waals surface area contributed by atoms with Crippen LogP contribution in [0, 0.1) is 0 Å². The summed E-state index contributed by atoms with van der Waals surface area (Å²) in [7, 11) is 3.85. The van der Waals surface area contributed by atoms with Gasteiger partial charge in [-0.3, -0.25) is 14.7 Å². The number of nitrogens with zero attached hydrogens (tertiary/aromatic N) is 2. The molecule has 3 heteroatoms. The van der Waals surface area contributed by atoms with Gasteiger partial charge in [0.15, 0.2) is 5.78 Å². The summed E-state index contributed by atoms with van der Waals surface area (Å²) in [6.45, 7) is 3.97. The van der Waals surface area contributed by atoms with E-state index in [0.29, 0.717) is 6.42 Å². The first kappa shape index (κ1) is 12.8. The summed E-state index contributed by atoms with van der Waals surface area (Å²) in [4.78, 5) is 18.1. The molecule has 0 N–H and O–H groups in total. The van der Waals surface area contributed by atoms with Crippen molar-refractivity contribution in [3.8, 4) is 0 Å². The fourth-order valence-corrected chi connectivity index (χ4v) is 1.77. The van der Waals surface area contributed by atoms with Crippen LogP contribution in [-0.2, 0) is 11.2 Å². The number of aromatic nitrogens is 1. The van der Waals surface area contributed by atoms with Crippen LogP contribution in [0.25, 0.3) is 0 Å². The third kappa shape index (κ3) is 2.89. The van der Waals surface area contributed by atoms with Gasteiger partial charge in [0, 0.05) is 18.3 Å². The zero-order valence-electron chi connectivity index (χ0n) is 10.5. The highest BCUT2D eigenvalue weighted by Crippen LogP contribution is 2.20. The van der Waals surface area contributed by atoms with Crippen LogP contribution >= 0.6 is 0 Å². The number of likely N-dealkylation sites (N-methyl/N-ethyl adjacent to an activating group) is 1. The Morgan fingerprint density at radius 3 is 2.44 bits per heavy atom. The van der Waals surface area contributed by atoms with Crippen molar-refractivity contribution in [2.75, 3.05) is 14.1 Å². The topological polar surface area (TPSA) is 33.2 Å². The van der Waals surface area contributed by atoms with Crippen molar-refractivity contribution < 1.29 is 4.79 Å². The molecule has 0 saturated heterocycles. The van der Waals surface area contributed by atoms with Crippen LogP contribution in [0.5, 0.6) is 0 Å². The highest BCUT2D eigenvalue weighted by molar-refractivity contribution is 5.84. The summed E-state index contributed by atoms with van der Waals surface area (Å²) in [5.74, 6) is 0.232. The molecule has 16 heavy (non-hydrogen) atoms. The first-order valence-electron chi connectivity index (χ1n) is 5.74. The molecule has 0 bridgehead atoms. The van der Waals surface area contributed by atoms with E-state index in [-0.39, 0.29) is 11.8 Å². The molecule has 0 amide bonds. The first-order valence-corrected chi connectivity index (χ1v) is 5.74. The van der Waals surface area contributed by atoms with Gasteiger partial charge in [-0.2, -0.15) is 0 Å². The number of Topliss-reactive ketones (excluding diaryl/α,β-unsaturated/α-hetero) is 1. The summed E-state index contributed by atoms with van der Waals surface area (Å²) in [6, 6.07) is 3.84. The molecule has 0 spiro atoms. The quantitative estimate of drug-likeness (QED) is 0.763. The number of hydrogen-bond acceptors (Lipinski definition) is 3. The van der Waals surface area contributed by atoms with Gasteiger partial charge in [0.25, 0.3) is 0 Å². The van der Waals surface area contributed by atoms with Gasteiger partial charge < -0.3 is 0 Å². The van der Waals surface area contributed by atoms with E-state index in [1.807, 2.05) is 44.2 Å². The second-order valence-electron chi connectivity index (χ2n) is 4.12. The average Bonchev–Trinajstić information content (AvgIpc) is 2.29. The Kier molecular flexibility index (Phi) is 4.62. The number of carbonyl (C=O) groups excluding carboxylic acids is 1. The summed E-state index contributed by atoms with van der Waals surface area (Å²) in [5.41, 5.74) is 2.04. The number of aryl methyl sites for hydroxylation is 1. The number of hydrogen-bond donors (Lipinski definition) is 0. The lowest BCUT2D eigenvalue weighted by Gasteiger charge is -2.22. The third-order valence-corrected chi connectivity index (χ3v) is 2.70. The van der Waals surface area contributed by atoms with Crippen LogP contribution in [0.4, 0.5) is 0 Å². The largest absolute Gasteiger partial charge is 0.298 e. The molecule has 3 nitrogen and oxygen atoms in total. The zero-order chi connectivity index (χ0) is 12.1. The van der Waals surface area contributed by atoms with E-state index in [0.717, 1.165) is 17.7 Å². The van der Waals surface area contributed by atoms with Gasteiger partial charge in [0.2, 0.25) is 0 Å². The molecule has 1 unspecified atom stereocenters. The first-order chi connectivity index (χ1) is 7.60. The average molecular weight is 220 g/mol. The molecule has 0 fully saturated rings. The number of ketones is 1. The standard InChI is InChI=1S/C13H20N2O/c1-5-11-8-7-10(9-14-11)13(15(3)4)12(16)6-2/h7-9,13H,5-6H2,1-4H3. The van der Waals surface area contributed by atoms with Crippen molar-refractivity contribution >= 4 is 5.78 Å². The molecule has 1 aromatic rings. The van der Waals surface area contributed by atoms with Crippen LogP contribution in [0.15, 0.2) is 18.3 Å². The van der Waals surface area contributed by atoms with Gasteiger partial charge in [-0.1, -0.05) is 19.9 Å². The van der Waals surface area contributed by atoms with Gasteiger partial charge in [-0.05, 0) is 32.1 Å². The van der Waals surface area contributed by atoms with Gasteiger partial charge in [-0.25, -0.2) is 0 Å². The molecule has 0 saturated carbocycles. The van der Waals surface area contributed by atoms with Gasteiger partial charge >= 0.3 is 0 Å². The van der Waals surface area contributed by atoms with E-state index >= 15 is 0 Å². The lowest BCUT2D eigenvalue weighted by atomic mass is 10.0. The molecule has 88 valence electrons. The molecule has 0 aliphatic rings. The highest BCUT2D eigenvalue weighted by atomic mass is 16.1. The van der Waals surface area contributed by atoms with Crippen molar-refractivity contribution in [3.63, 3.8) is 0 Å². The Labute approximate surface area is 97.5 Å². The van der Waals surface area contributed by atoms with Crippen LogP contribution in [0.3, 0.4) is 0 Å². The van der Waals surface area contributed by atoms with Crippen molar-refractivity contribution in [2.45, 2.75) is 32.7 Å². The van der Waals surface area contributed by atoms with E-state index in [9.17, 15) is 4.79 Å². The molecule has 0 aliphatic heterocycles. The normalized spacial score (nSPS) is 12.8. The Hall–Kier alpha value is -1.22. The second kappa shape index (κ2) is 5.75. The molecule has 0 aliphatic carbocycles. The third-order valence-electron chi connectivity index (χ3n) is 2.70. The Balaban J connectivity index is 2.97. The summed E-state index contributed by atoms with van der Waals surface area (Å²) in [6.07, 6.45) is 3.30. The smallest absolute Gasteiger partial charge is 0.154 e. The summed E-state index contributed by atoms with van der Waals surface area (Å²) < 4.78 is 0. The summed E-state index contributed by atoms with van der Waals surface area (Å²) >= 11 is 0. The van der Waals surface area contributed by atoms with Gasteiger partial charge in [0.1, 0.15) is 0 Å². The fraction of sp³-hybridized carbons (Fsp3) is 0.538. The number of pyridine rings is 1. The van der Waals surface area contributed by atoms with Gasteiger partial charge in [0.05, 0.1) is 6.04 Å². The van der Waals surface area contributed by atoms with Crippen LogP contribution in [-0.4, -0.2) is 29.8 Å². The Morgan fingerprint density at radius 2 is 2.06 bits per heavy atom. The maximum Gasteiger partial charge on any atom is 0.154 e. The molecule has 1 atom stereocenters. The molecule has 0 radical (unpaired) electrons. The predicted molar refractivity (Wildman–Crippen MR) is 65.3 cm³/mol. The lowest BCUT2D eigenvalue weighted by Crippen LogP contribution is -2.27. The number of carbonyl (C=O) groups is 1. The van der Waals surface area contributed by atoms with E-state index in [2.05, 4.69) is 11.9 Å². The van der Waals surface area contributed by atoms with Crippen LogP contribution in [0.2, 0.25) is 0 Å². The Bertz CT molecular complexity index is 343. The van der Waals surface area contributed by atoms with Crippen molar-refractivity contribution in [2.24, 2.45) is 0 Å². The molecule has 1 rings (SSSR count). The molecule has 1 aromatic heterocycles. The number of rotatable bonds is 5. The highest BCUT2D eigenvalue weighted by Gasteiger charge is 2.21. The van der Waals surface area contributed by atoms with Crippen molar-refractivity contribution in [1.29, 1.82) is 0 Å². The SMILES string of the molecule is CCC(=O)C(c1ccc(CC)nc1)N(C)C. The molecular weight excluding hydrogens is 200 g/mol. The molecular formula is C13H20N2O. The van der Waals surface area contributed by atoms with E-state index in [4.69, 9.17) is 0 Å². The lowest BCUT2D eigenvalue weighted by molar-refractivity contribution is -0.123. The second-order valence-corrected chi connectivity index (χ2v) is 4.12. The van der Waals surface area contributed by atoms with Gasteiger partial charge in [-0.15, -0.1) is 0 Å². The predicted octanol–water partition coefficient (Wildman–Crippen LogP) is 2.23. The minimum Gasteiger partial charge on any atom is -0.298 e. The van der Waals surface area contributed by atoms with E-state index in [1.54, 1.807) is 0 Å². The minimum absolute atomic E-state index is 0.164. The van der Waals surface area contributed by atoms with E-state index in [1.165, 1.54) is 0 Å². The van der Waals surface area contributed by atoms with Crippen molar-refractivity contribution in [3.05, 3.63) is 29.6 Å². The van der Waals surface area contributed by atoms with Crippen LogP contribution in [0.1, 0.15) is 37.6 Å². The zero-order valence-corrected chi connectivity index (χ0v) is 10.5. The monoisotopic (exact) mass is 220 g/mol. The Morgan fingerprint density at radius 1 is 1.38 bits per heavy atom. The molecule has 1 heterocycles. The summed E-state index contributed by atoms with van der Waals surface area (Å²) in [5, 5.41) is 0. The maximum atomic E-state index is 11.8. The molecule has 0 aromatic carbocycles.